The smallest absolute Gasteiger partial charge is 0.0748 e. The van der Waals surface area contributed by atoms with Crippen LogP contribution in [0.5, 0.6) is 0 Å². The summed E-state index contributed by atoms with van der Waals surface area (Å²) in [5, 5.41) is 5.20. The average Bonchev–Trinajstić information content (AvgIpc) is 3.75. The number of hydrogen-bond donors (Lipinski definition) is 0. The van der Waals surface area contributed by atoms with Gasteiger partial charge in [0, 0.05) is 32.7 Å². The highest BCUT2D eigenvalue weighted by atomic mass is 15.0. The topological polar surface area (TPSA) is 9.86 Å². The predicted molar refractivity (Wildman–Crippen MR) is 226 cm³/mol. The van der Waals surface area contributed by atoms with Crippen molar-refractivity contribution in [3.8, 4) is 16.8 Å². The fourth-order valence-electron chi connectivity index (χ4n) is 10.7. The third-order valence-corrected chi connectivity index (χ3v) is 13.0. The molecular formula is C52H38N2. The van der Waals surface area contributed by atoms with Crippen molar-refractivity contribution < 1.29 is 0 Å². The van der Waals surface area contributed by atoms with Gasteiger partial charge in [0.1, 0.15) is 0 Å². The first-order chi connectivity index (χ1) is 26.6. The highest BCUT2D eigenvalue weighted by Gasteiger charge is 2.52. The Hall–Kier alpha value is -6.38. The fraction of sp³-hybridized carbons (Fsp3) is 0.115. The molecule has 7 aromatic carbocycles. The van der Waals surface area contributed by atoms with Crippen LogP contribution in [0.3, 0.4) is 0 Å². The Labute approximate surface area is 314 Å². The molecule has 0 bridgehead atoms. The lowest BCUT2D eigenvalue weighted by atomic mass is 9.53. The summed E-state index contributed by atoms with van der Waals surface area (Å²) in [6.07, 6.45) is 9.15. The number of nitrogens with zero attached hydrogens (tertiary/aromatic N) is 2. The minimum atomic E-state index is -0.487. The molecule has 1 atom stereocenters. The first kappa shape index (κ1) is 30.1. The van der Waals surface area contributed by atoms with Crippen LogP contribution in [0, 0.1) is 0 Å². The monoisotopic (exact) mass is 690 g/mol. The molecule has 0 N–H and O–H groups in total. The van der Waals surface area contributed by atoms with Gasteiger partial charge in [0.15, 0.2) is 0 Å². The summed E-state index contributed by atoms with van der Waals surface area (Å²) < 4.78 is 4.98. The SMILES string of the molecule is CC1(C)c2ccccc2C2(c3ccccc3-n3c4ccccc4c4cccc2c43)c2ccc(-c3ccc4c(c3)c3ccccc3n4C3=CCCC=C3)cc21. The van der Waals surface area contributed by atoms with Crippen LogP contribution >= 0.6 is 0 Å². The lowest BCUT2D eigenvalue weighted by molar-refractivity contribution is 0.556. The number of allylic oxidation sites excluding steroid dienone is 4. The Bertz CT molecular complexity index is 3140. The molecule has 54 heavy (non-hydrogen) atoms. The predicted octanol–water partition coefficient (Wildman–Crippen LogP) is 13.1. The molecule has 2 nitrogen and oxygen atoms in total. The Kier molecular flexibility index (Phi) is 5.92. The molecule has 1 unspecified atom stereocenters. The van der Waals surface area contributed by atoms with E-state index in [-0.39, 0.29) is 5.41 Å². The molecule has 0 saturated heterocycles. The maximum absolute atomic E-state index is 2.53. The van der Waals surface area contributed by atoms with E-state index in [9.17, 15) is 0 Å². The van der Waals surface area contributed by atoms with Gasteiger partial charge in [-0.05, 0) is 99.8 Å². The number of rotatable bonds is 2. The minimum Gasteiger partial charge on any atom is -0.310 e. The van der Waals surface area contributed by atoms with Crippen molar-refractivity contribution in [2.75, 3.05) is 0 Å². The van der Waals surface area contributed by atoms with E-state index in [1.807, 2.05) is 0 Å². The maximum Gasteiger partial charge on any atom is 0.0748 e. The average molecular weight is 691 g/mol. The molecule has 2 heteroatoms. The van der Waals surface area contributed by atoms with E-state index < -0.39 is 5.41 Å². The van der Waals surface area contributed by atoms with Gasteiger partial charge in [0.25, 0.3) is 0 Å². The van der Waals surface area contributed by atoms with E-state index >= 15 is 0 Å². The number of benzene rings is 7. The van der Waals surface area contributed by atoms with Crippen LogP contribution in [-0.2, 0) is 10.8 Å². The van der Waals surface area contributed by atoms with Crippen LogP contribution in [-0.4, -0.2) is 9.13 Å². The molecule has 2 aromatic heterocycles. The van der Waals surface area contributed by atoms with Crippen LogP contribution in [0.15, 0.2) is 170 Å². The summed E-state index contributed by atoms with van der Waals surface area (Å²) in [6.45, 7) is 4.85. The Morgan fingerprint density at radius 3 is 1.87 bits per heavy atom. The zero-order valence-corrected chi connectivity index (χ0v) is 30.5. The highest BCUT2D eigenvalue weighted by Crippen LogP contribution is 2.60. The molecule has 3 aliphatic rings. The van der Waals surface area contributed by atoms with Crippen molar-refractivity contribution in [2.24, 2.45) is 0 Å². The molecular weight excluding hydrogens is 653 g/mol. The van der Waals surface area contributed by atoms with Gasteiger partial charge >= 0.3 is 0 Å². The Balaban J connectivity index is 1.15. The molecule has 1 aliphatic heterocycles. The maximum atomic E-state index is 2.53. The minimum absolute atomic E-state index is 0.222. The van der Waals surface area contributed by atoms with E-state index in [2.05, 4.69) is 193 Å². The van der Waals surface area contributed by atoms with Crippen LogP contribution in [0.4, 0.5) is 0 Å². The molecule has 0 amide bonds. The normalized spacial score (nSPS) is 17.9. The lowest BCUT2D eigenvalue weighted by Gasteiger charge is -2.50. The highest BCUT2D eigenvalue weighted by molar-refractivity contribution is 6.13. The molecule has 1 spiro atoms. The van der Waals surface area contributed by atoms with Crippen molar-refractivity contribution in [1.82, 2.24) is 9.13 Å². The largest absolute Gasteiger partial charge is 0.310 e. The van der Waals surface area contributed by atoms with Crippen LogP contribution in [0.2, 0.25) is 0 Å². The van der Waals surface area contributed by atoms with Crippen molar-refractivity contribution in [2.45, 2.75) is 37.5 Å². The summed E-state index contributed by atoms with van der Waals surface area (Å²) in [5.74, 6) is 0. The summed E-state index contributed by atoms with van der Waals surface area (Å²) in [6, 6.07) is 57.7. The quantitative estimate of drug-likeness (QED) is 0.171. The number of hydrogen-bond acceptors (Lipinski definition) is 0. The van der Waals surface area contributed by atoms with E-state index in [4.69, 9.17) is 0 Å². The Morgan fingerprint density at radius 1 is 0.444 bits per heavy atom. The summed E-state index contributed by atoms with van der Waals surface area (Å²) >= 11 is 0. The fourth-order valence-corrected chi connectivity index (χ4v) is 10.7. The van der Waals surface area contributed by atoms with E-state index in [1.54, 1.807) is 0 Å². The van der Waals surface area contributed by atoms with Gasteiger partial charge in [0.05, 0.1) is 33.2 Å². The van der Waals surface area contributed by atoms with Crippen molar-refractivity contribution >= 4 is 49.3 Å². The van der Waals surface area contributed by atoms with Crippen LogP contribution < -0.4 is 0 Å². The molecule has 2 aliphatic carbocycles. The zero-order valence-electron chi connectivity index (χ0n) is 30.5. The number of fused-ring (bicyclic) bond motifs is 14. The molecule has 3 heterocycles. The van der Waals surface area contributed by atoms with Gasteiger partial charge in [-0.1, -0.05) is 141 Å². The molecule has 0 radical (unpaired) electrons. The third-order valence-electron chi connectivity index (χ3n) is 13.0. The second-order valence-corrected chi connectivity index (χ2v) is 15.9. The molecule has 9 aromatic rings. The van der Waals surface area contributed by atoms with Gasteiger partial charge in [0.2, 0.25) is 0 Å². The van der Waals surface area contributed by atoms with Crippen molar-refractivity contribution in [1.29, 1.82) is 0 Å². The van der Waals surface area contributed by atoms with Gasteiger partial charge < -0.3 is 9.13 Å². The van der Waals surface area contributed by atoms with Gasteiger partial charge in [-0.3, -0.25) is 0 Å². The number of aromatic nitrogens is 2. The van der Waals surface area contributed by atoms with Gasteiger partial charge in [-0.25, -0.2) is 0 Å². The molecule has 12 rings (SSSR count). The summed E-state index contributed by atoms with van der Waals surface area (Å²) in [4.78, 5) is 0. The van der Waals surface area contributed by atoms with E-state index in [0.717, 1.165) is 12.8 Å². The molecule has 256 valence electrons. The number of para-hydroxylation sites is 4. The summed E-state index contributed by atoms with van der Waals surface area (Å²) in [5.41, 5.74) is 17.6. The van der Waals surface area contributed by atoms with E-state index in [0.29, 0.717) is 0 Å². The second kappa shape index (κ2) is 10.6. The van der Waals surface area contributed by atoms with Crippen molar-refractivity contribution in [3.63, 3.8) is 0 Å². The van der Waals surface area contributed by atoms with Crippen molar-refractivity contribution in [3.05, 3.63) is 203 Å². The standard InChI is InChI=1S/C52H38N2/c1-51(2)40-20-8-9-21-41(40)52(43-22-10-13-26-49(43)54-47-25-12-6-17-36(47)38-19-14-23-44(52)50(38)54)42-29-27-34(32-45(42)51)33-28-30-48-39(31-33)37-18-7-11-24-46(37)53(48)35-15-4-3-5-16-35/h4,6-32H,3,5H2,1-2H3. The second-order valence-electron chi connectivity index (χ2n) is 15.9. The zero-order chi connectivity index (χ0) is 35.8. The van der Waals surface area contributed by atoms with E-state index in [1.165, 1.54) is 99.5 Å². The lowest BCUT2D eigenvalue weighted by Crippen LogP contribution is -2.44. The van der Waals surface area contributed by atoms with Gasteiger partial charge in [-0.2, -0.15) is 0 Å². The first-order valence-corrected chi connectivity index (χ1v) is 19.3. The third kappa shape index (κ3) is 3.66. The first-order valence-electron chi connectivity index (χ1n) is 19.3. The van der Waals surface area contributed by atoms with Crippen LogP contribution in [0.1, 0.15) is 60.1 Å². The summed E-state index contributed by atoms with van der Waals surface area (Å²) in [7, 11) is 0. The molecule has 0 saturated carbocycles. The van der Waals surface area contributed by atoms with Crippen LogP contribution in [0.25, 0.3) is 66.1 Å². The van der Waals surface area contributed by atoms with Gasteiger partial charge in [-0.15, -0.1) is 0 Å². The Morgan fingerprint density at radius 2 is 1.06 bits per heavy atom. The molecule has 0 fully saturated rings.